The average molecular weight is 378 g/mol. The molecule has 1 heterocycles. The molecule has 5 nitrogen and oxygen atoms in total. The number of rotatable bonds is 2. The van der Waals surface area contributed by atoms with Crippen molar-refractivity contribution in [1.82, 2.24) is 4.57 Å². The van der Waals surface area contributed by atoms with Crippen molar-refractivity contribution in [1.29, 1.82) is 5.26 Å². The van der Waals surface area contributed by atoms with Gasteiger partial charge in [-0.2, -0.15) is 18.4 Å². The second kappa shape index (κ2) is 6.26. The van der Waals surface area contributed by atoms with E-state index < -0.39 is 22.7 Å². The third kappa shape index (κ3) is 3.00. The molecule has 0 saturated carbocycles. The third-order valence-electron chi connectivity index (χ3n) is 3.13. The number of nitrogens with zero attached hydrogens (tertiary/aromatic N) is 2. The summed E-state index contributed by atoms with van der Waals surface area (Å²) in [5.74, 6) is -0.946. The van der Waals surface area contributed by atoms with Gasteiger partial charge in [0.25, 0.3) is 0 Å². The highest BCUT2D eigenvalue weighted by atomic mass is 35.5. The molecule has 126 valence electrons. The molecule has 2 N–H and O–H groups in total. The van der Waals surface area contributed by atoms with Gasteiger partial charge in [0.2, 0.25) is 0 Å². The predicted molar refractivity (Wildman–Crippen MR) is 81.3 cm³/mol. The Bertz CT molecular complexity index is 870. The Labute approximate surface area is 143 Å². The lowest BCUT2D eigenvalue weighted by atomic mass is 10.2. The Kier molecular flexibility index (Phi) is 4.69. The van der Waals surface area contributed by atoms with E-state index in [4.69, 9.17) is 34.2 Å². The molecule has 0 fully saturated rings. The van der Waals surface area contributed by atoms with Crippen LogP contribution in [-0.4, -0.2) is 17.6 Å². The number of nitrogens with two attached hydrogens (primary N) is 1. The summed E-state index contributed by atoms with van der Waals surface area (Å²) in [5.41, 5.74) is 3.56. The first-order valence-electron chi connectivity index (χ1n) is 6.17. The molecular formula is C14H8Cl2F3N3O2. The molecule has 0 atom stereocenters. The van der Waals surface area contributed by atoms with Crippen molar-refractivity contribution in [2.24, 2.45) is 0 Å². The van der Waals surface area contributed by atoms with E-state index in [0.29, 0.717) is 6.07 Å². The van der Waals surface area contributed by atoms with Crippen LogP contribution in [0.25, 0.3) is 5.69 Å². The van der Waals surface area contributed by atoms with Crippen molar-refractivity contribution in [3.8, 4) is 11.8 Å². The lowest BCUT2D eigenvalue weighted by Crippen LogP contribution is -2.13. The first kappa shape index (κ1) is 18.0. The van der Waals surface area contributed by atoms with Crippen LogP contribution in [0.3, 0.4) is 0 Å². The van der Waals surface area contributed by atoms with Gasteiger partial charge in [-0.1, -0.05) is 23.2 Å². The minimum Gasteiger partial charge on any atom is -0.464 e. The van der Waals surface area contributed by atoms with E-state index in [2.05, 4.69) is 4.74 Å². The molecule has 0 aliphatic carbocycles. The van der Waals surface area contributed by atoms with Gasteiger partial charge in [-0.15, -0.1) is 0 Å². The van der Waals surface area contributed by atoms with Crippen molar-refractivity contribution in [2.45, 2.75) is 6.18 Å². The Balaban J connectivity index is 2.86. The van der Waals surface area contributed by atoms with Crippen molar-refractivity contribution < 1.29 is 22.7 Å². The summed E-state index contributed by atoms with van der Waals surface area (Å²) in [6.07, 6.45) is -3.68. The molecule has 0 aliphatic rings. The van der Waals surface area contributed by atoms with E-state index in [0.717, 1.165) is 23.9 Å². The number of alkyl halides is 3. The van der Waals surface area contributed by atoms with Crippen LogP contribution in [0.5, 0.6) is 0 Å². The third-order valence-corrected chi connectivity index (χ3v) is 3.74. The van der Waals surface area contributed by atoms with Crippen LogP contribution in [0, 0.1) is 11.3 Å². The highest BCUT2D eigenvalue weighted by Crippen LogP contribution is 2.40. The molecule has 0 radical (unpaired) electrons. The van der Waals surface area contributed by atoms with Crippen molar-refractivity contribution in [3.63, 3.8) is 0 Å². The quantitative estimate of drug-likeness (QED) is 0.800. The molecule has 1 aromatic carbocycles. The largest absolute Gasteiger partial charge is 0.464 e. The number of nitriles is 1. The highest BCUT2D eigenvalue weighted by Gasteiger charge is 2.35. The number of hydrogen-bond donors (Lipinski definition) is 1. The summed E-state index contributed by atoms with van der Waals surface area (Å²) < 4.78 is 44.7. The normalized spacial score (nSPS) is 11.2. The maximum atomic E-state index is 13.1. The fraction of sp³-hybridized carbons (Fsp3) is 0.143. The smallest absolute Gasteiger partial charge is 0.417 e. The molecule has 24 heavy (non-hydrogen) atoms. The maximum Gasteiger partial charge on any atom is 0.417 e. The summed E-state index contributed by atoms with van der Waals surface area (Å²) in [5, 5.41) is 8.07. The number of aromatic nitrogens is 1. The van der Waals surface area contributed by atoms with Crippen LogP contribution in [0.1, 0.15) is 21.6 Å². The number of nitrogen functional groups attached to an aromatic ring is 1. The number of esters is 1. The second-order valence-corrected chi connectivity index (χ2v) is 5.38. The Hall–Kier alpha value is -2.37. The molecule has 1 aromatic heterocycles. The summed E-state index contributed by atoms with van der Waals surface area (Å²) in [4.78, 5) is 11.9. The molecule has 10 heteroatoms. The van der Waals surface area contributed by atoms with Crippen molar-refractivity contribution in [3.05, 3.63) is 45.2 Å². The monoisotopic (exact) mass is 377 g/mol. The van der Waals surface area contributed by atoms with Gasteiger partial charge in [0.1, 0.15) is 6.07 Å². The molecule has 0 amide bonds. The second-order valence-electron chi connectivity index (χ2n) is 4.56. The van der Waals surface area contributed by atoms with Gasteiger partial charge in [0, 0.05) is 11.2 Å². The number of halogens is 5. The molecule has 0 saturated heterocycles. The molecule has 0 unspecified atom stereocenters. The lowest BCUT2D eigenvalue weighted by Gasteiger charge is -2.15. The molecule has 0 bridgehead atoms. The predicted octanol–water partition coefficient (Wildman–Crippen LogP) is 4.04. The van der Waals surface area contributed by atoms with Crippen LogP contribution in [-0.2, 0) is 10.9 Å². The highest BCUT2D eigenvalue weighted by molar-refractivity contribution is 6.35. The fourth-order valence-electron chi connectivity index (χ4n) is 2.06. The van der Waals surface area contributed by atoms with Crippen LogP contribution in [0.2, 0.25) is 10.0 Å². The van der Waals surface area contributed by atoms with E-state index in [-0.39, 0.29) is 27.7 Å². The van der Waals surface area contributed by atoms with Crippen LogP contribution in [0.4, 0.5) is 18.9 Å². The zero-order valence-electron chi connectivity index (χ0n) is 11.9. The number of carbonyl (C=O) groups excluding carboxylic acids is 1. The molecular weight excluding hydrogens is 370 g/mol. The number of anilines is 1. The summed E-state index contributed by atoms with van der Waals surface area (Å²) in [6, 6.07) is 3.51. The molecule has 0 aliphatic heterocycles. The molecule has 2 rings (SSSR count). The average Bonchev–Trinajstić information content (AvgIpc) is 2.84. The van der Waals surface area contributed by atoms with Gasteiger partial charge in [0.05, 0.1) is 34.6 Å². The number of methoxy groups -OCH3 is 1. The van der Waals surface area contributed by atoms with Gasteiger partial charge in [-0.25, -0.2) is 4.79 Å². The number of carbonyl (C=O) groups is 1. The number of ether oxygens (including phenoxy) is 1. The van der Waals surface area contributed by atoms with E-state index in [1.807, 2.05) is 0 Å². The van der Waals surface area contributed by atoms with Crippen LogP contribution in [0.15, 0.2) is 18.3 Å². The Morgan fingerprint density at radius 3 is 2.50 bits per heavy atom. The zero-order valence-corrected chi connectivity index (χ0v) is 13.4. The lowest BCUT2D eigenvalue weighted by molar-refractivity contribution is -0.137. The van der Waals surface area contributed by atoms with Crippen LogP contribution >= 0.6 is 23.2 Å². The fourth-order valence-corrected chi connectivity index (χ4v) is 2.58. The topological polar surface area (TPSA) is 81.0 Å². The SMILES string of the molecule is COC(=O)c1c(N)c(C#N)cn1-c1cc(Cl)cc(C(F)(F)F)c1Cl. The van der Waals surface area contributed by atoms with Crippen molar-refractivity contribution in [2.75, 3.05) is 12.8 Å². The van der Waals surface area contributed by atoms with Gasteiger partial charge in [-0.05, 0) is 12.1 Å². The zero-order chi connectivity index (χ0) is 18.2. The van der Waals surface area contributed by atoms with Crippen molar-refractivity contribution >= 4 is 34.9 Å². The van der Waals surface area contributed by atoms with Crippen LogP contribution < -0.4 is 5.73 Å². The molecule has 2 aromatic rings. The van der Waals surface area contributed by atoms with Gasteiger partial charge < -0.3 is 15.0 Å². The van der Waals surface area contributed by atoms with E-state index in [1.165, 1.54) is 0 Å². The van der Waals surface area contributed by atoms with Gasteiger partial charge in [-0.3, -0.25) is 0 Å². The first-order valence-corrected chi connectivity index (χ1v) is 6.93. The summed E-state index contributed by atoms with van der Waals surface area (Å²) in [7, 11) is 1.06. The number of hydrogen-bond acceptors (Lipinski definition) is 4. The van der Waals surface area contributed by atoms with Gasteiger partial charge in [0.15, 0.2) is 5.69 Å². The standard InChI is InChI=1S/C14H8Cl2F3N3O2/c1-24-13(23)12-11(21)6(4-20)5-22(12)9-3-7(15)2-8(10(9)16)14(17,18)19/h2-3,5H,21H2,1H3. The summed E-state index contributed by atoms with van der Waals surface area (Å²) >= 11 is 11.6. The van der Waals surface area contributed by atoms with E-state index >= 15 is 0 Å². The first-order chi connectivity index (χ1) is 11.1. The van der Waals surface area contributed by atoms with E-state index in [1.54, 1.807) is 6.07 Å². The maximum absolute atomic E-state index is 13.1. The molecule has 0 spiro atoms. The minimum atomic E-state index is -4.76. The van der Waals surface area contributed by atoms with E-state index in [9.17, 15) is 18.0 Å². The Morgan fingerprint density at radius 2 is 2.00 bits per heavy atom. The number of benzene rings is 1. The minimum absolute atomic E-state index is 0.125. The summed E-state index contributed by atoms with van der Waals surface area (Å²) in [6.45, 7) is 0. The van der Waals surface area contributed by atoms with Gasteiger partial charge >= 0.3 is 12.1 Å². The Morgan fingerprint density at radius 1 is 1.38 bits per heavy atom.